The fourth-order valence-corrected chi connectivity index (χ4v) is 4.58. The van der Waals surface area contributed by atoms with Gasteiger partial charge in [0.2, 0.25) is 0 Å². The van der Waals surface area contributed by atoms with Crippen LogP contribution in [0.3, 0.4) is 0 Å². The Hall–Kier alpha value is -3.85. The van der Waals surface area contributed by atoms with E-state index >= 15 is 0 Å². The fraction of sp³-hybridized carbons (Fsp3) is 0.0769. The van der Waals surface area contributed by atoms with Gasteiger partial charge < -0.3 is 20.6 Å². The van der Waals surface area contributed by atoms with Crippen molar-refractivity contribution in [3.8, 4) is 0 Å². The van der Waals surface area contributed by atoms with Crippen molar-refractivity contribution in [3.05, 3.63) is 99.3 Å². The Balaban J connectivity index is 1.70. The fourth-order valence-electron chi connectivity index (χ4n) is 3.67. The van der Waals surface area contributed by atoms with Gasteiger partial charge in [0.15, 0.2) is 0 Å². The van der Waals surface area contributed by atoms with Crippen LogP contribution in [0.1, 0.15) is 16.1 Å². The van der Waals surface area contributed by atoms with E-state index in [1.807, 2.05) is 24.3 Å². The Bertz CT molecular complexity index is 1480. The van der Waals surface area contributed by atoms with Crippen molar-refractivity contribution in [2.75, 3.05) is 17.2 Å². The largest absolute Gasteiger partial charge is 0.480 e. The lowest BCUT2D eigenvalue weighted by atomic mass is 10.0. The van der Waals surface area contributed by atoms with Gasteiger partial charge in [-0.1, -0.05) is 65.1 Å². The third-order valence-corrected chi connectivity index (χ3v) is 6.12. The summed E-state index contributed by atoms with van der Waals surface area (Å²) in [6.07, 6.45) is 1.55. The van der Waals surface area contributed by atoms with Gasteiger partial charge in [0.05, 0.1) is 39.2 Å². The van der Waals surface area contributed by atoms with E-state index < -0.39 is 24.5 Å². The van der Waals surface area contributed by atoms with Crippen molar-refractivity contribution in [2.24, 2.45) is 0 Å². The first-order valence-electron chi connectivity index (χ1n) is 10.9. The number of nitrogens with one attached hydrogen (secondary N) is 2. The summed E-state index contributed by atoms with van der Waals surface area (Å²) < 4.78 is 0. The molecule has 0 saturated heterocycles. The summed E-state index contributed by atoms with van der Waals surface area (Å²) >= 11 is 18.3. The number of benzene rings is 3. The molecule has 4 rings (SSSR count). The first-order valence-corrected chi connectivity index (χ1v) is 12.0. The van der Waals surface area contributed by atoms with Crippen LogP contribution in [0.15, 0.2) is 72.9 Å². The number of aliphatic carboxylic acids is 1. The van der Waals surface area contributed by atoms with Gasteiger partial charge in [-0.25, -0.2) is 4.79 Å². The minimum Gasteiger partial charge on any atom is -0.480 e. The zero-order valence-corrected chi connectivity index (χ0v) is 21.3. The summed E-state index contributed by atoms with van der Waals surface area (Å²) in [5.74, 6) is -1.79. The number of amides is 3. The summed E-state index contributed by atoms with van der Waals surface area (Å²) in [6.45, 7) is -0.607. The number of anilines is 2. The molecule has 0 aliphatic rings. The standard InChI is InChI=1S/C26H19Cl3N4O4/c27-17-11-20(28)24(21(29)12-17)32-26(37)31-22-10-16-6-2-1-5-15(16)9-19(22)25(36)33(14-23(34)35)13-18-7-3-4-8-30-18/h1-12H,13-14H2,(H,34,35)(H2,31,32,37). The van der Waals surface area contributed by atoms with E-state index in [0.717, 1.165) is 15.7 Å². The van der Waals surface area contributed by atoms with Crippen molar-refractivity contribution in [1.29, 1.82) is 0 Å². The summed E-state index contributed by atoms with van der Waals surface area (Å²) in [5, 5.41) is 16.7. The second kappa shape index (κ2) is 11.5. The van der Waals surface area contributed by atoms with E-state index in [4.69, 9.17) is 34.8 Å². The average molecular weight is 558 g/mol. The number of fused-ring (bicyclic) bond motifs is 1. The highest BCUT2D eigenvalue weighted by molar-refractivity contribution is 6.42. The quantitative estimate of drug-likeness (QED) is 0.238. The summed E-state index contributed by atoms with van der Waals surface area (Å²) in [4.78, 5) is 43.5. The van der Waals surface area contributed by atoms with Crippen molar-refractivity contribution >= 4 is 74.9 Å². The Labute approximate surface area is 226 Å². The van der Waals surface area contributed by atoms with Crippen LogP contribution in [0, 0.1) is 0 Å². The molecular formula is C26H19Cl3N4O4. The van der Waals surface area contributed by atoms with Crippen molar-refractivity contribution < 1.29 is 19.5 Å². The number of nitrogens with zero attached hydrogens (tertiary/aromatic N) is 2. The van der Waals surface area contributed by atoms with Gasteiger partial charge >= 0.3 is 12.0 Å². The molecule has 0 aliphatic carbocycles. The van der Waals surface area contributed by atoms with E-state index in [9.17, 15) is 19.5 Å². The molecule has 8 nitrogen and oxygen atoms in total. The molecule has 3 aromatic carbocycles. The lowest BCUT2D eigenvalue weighted by Gasteiger charge is -2.22. The van der Waals surface area contributed by atoms with Crippen LogP contribution in [0.4, 0.5) is 16.2 Å². The number of rotatable bonds is 7. The molecule has 188 valence electrons. The number of carboxylic acids is 1. The number of hydrogen-bond acceptors (Lipinski definition) is 4. The summed E-state index contributed by atoms with van der Waals surface area (Å²) in [6, 6.07) is 17.8. The van der Waals surface area contributed by atoms with Crippen LogP contribution in [0.25, 0.3) is 10.8 Å². The van der Waals surface area contributed by atoms with E-state index in [0.29, 0.717) is 10.7 Å². The molecule has 1 heterocycles. The van der Waals surface area contributed by atoms with Crippen LogP contribution in [0.2, 0.25) is 15.1 Å². The number of carboxylic acid groups (broad SMARTS) is 1. The van der Waals surface area contributed by atoms with Gasteiger partial charge in [0.1, 0.15) is 6.54 Å². The molecule has 11 heteroatoms. The number of halogens is 3. The molecule has 0 spiro atoms. The van der Waals surface area contributed by atoms with E-state index in [1.54, 1.807) is 36.5 Å². The Morgan fingerprint density at radius 2 is 1.51 bits per heavy atom. The smallest absolute Gasteiger partial charge is 0.323 e. The second-order valence-corrected chi connectivity index (χ2v) is 9.20. The highest BCUT2D eigenvalue weighted by atomic mass is 35.5. The topological polar surface area (TPSA) is 112 Å². The molecule has 37 heavy (non-hydrogen) atoms. The Morgan fingerprint density at radius 1 is 0.865 bits per heavy atom. The molecule has 0 radical (unpaired) electrons. The minimum absolute atomic E-state index is 0.0412. The zero-order chi connectivity index (χ0) is 26.5. The molecule has 0 fully saturated rings. The third-order valence-electron chi connectivity index (χ3n) is 5.30. The lowest BCUT2D eigenvalue weighted by Crippen LogP contribution is -2.36. The molecule has 4 aromatic rings. The maximum atomic E-state index is 13.6. The van der Waals surface area contributed by atoms with Crippen molar-refractivity contribution in [2.45, 2.75) is 6.54 Å². The van der Waals surface area contributed by atoms with E-state index in [-0.39, 0.29) is 33.5 Å². The molecule has 0 aliphatic heterocycles. The lowest BCUT2D eigenvalue weighted by molar-refractivity contribution is -0.137. The number of hydrogen-bond donors (Lipinski definition) is 3. The second-order valence-electron chi connectivity index (χ2n) is 7.94. The van der Waals surface area contributed by atoms with Gasteiger partial charge in [0, 0.05) is 11.2 Å². The van der Waals surface area contributed by atoms with E-state index in [2.05, 4.69) is 15.6 Å². The van der Waals surface area contributed by atoms with Crippen LogP contribution >= 0.6 is 34.8 Å². The van der Waals surface area contributed by atoms with Crippen LogP contribution in [-0.2, 0) is 11.3 Å². The highest BCUT2D eigenvalue weighted by Crippen LogP contribution is 2.34. The summed E-state index contributed by atoms with van der Waals surface area (Å²) in [7, 11) is 0. The predicted octanol–water partition coefficient (Wildman–Crippen LogP) is 6.57. The van der Waals surface area contributed by atoms with Crippen molar-refractivity contribution in [1.82, 2.24) is 9.88 Å². The first-order chi connectivity index (χ1) is 17.7. The zero-order valence-electron chi connectivity index (χ0n) is 19.0. The van der Waals surface area contributed by atoms with E-state index in [1.165, 1.54) is 12.1 Å². The van der Waals surface area contributed by atoms with Crippen LogP contribution < -0.4 is 10.6 Å². The number of carbonyl (C=O) groups excluding carboxylic acids is 2. The molecule has 0 saturated carbocycles. The van der Waals surface area contributed by atoms with Gasteiger partial charge in [-0.2, -0.15) is 0 Å². The number of pyridine rings is 1. The third kappa shape index (κ3) is 6.48. The first kappa shape index (κ1) is 26.2. The van der Waals surface area contributed by atoms with Crippen molar-refractivity contribution in [3.63, 3.8) is 0 Å². The maximum absolute atomic E-state index is 13.6. The predicted molar refractivity (Wildman–Crippen MR) is 145 cm³/mol. The van der Waals surface area contributed by atoms with Crippen LogP contribution in [0.5, 0.6) is 0 Å². The van der Waals surface area contributed by atoms with Gasteiger partial charge in [-0.15, -0.1) is 0 Å². The molecule has 0 bridgehead atoms. The highest BCUT2D eigenvalue weighted by Gasteiger charge is 2.24. The molecule has 3 N–H and O–H groups in total. The van der Waals surface area contributed by atoms with Crippen LogP contribution in [-0.4, -0.2) is 39.4 Å². The minimum atomic E-state index is -1.19. The molecule has 0 atom stereocenters. The number of carbonyl (C=O) groups is 3. The maximum Gasteiger partial charge on any atom is 0.323 e. The average Bonchev–Trinajstić information content (AvgIpc) is 2.85. The Morgan fingerprint density at radius 3 is 2.14 bits per heavy atom. The molecule has 1 aromatic heterocycles. The molecular weight excluding hydrogens is 539 g/mol. The molecule has 0 unspecified atom stereocenters. The normalized spacial score (nSPS) is 10.7. The number of urea groups is 1. The molecule has 3 amide bonds. The SMILES string of the molecule is O=C(O)CN(Cc1ccccn1)C(=O)c1cc2ccccc2cc1NC(=O)Nc1c(Cl)cc(Cl)cc1Cl. The summed E-state index contributed by atoms with van der Waals surface area (Å²) in [5.41, 5.74) is 0.914. The number of aromatic nitrogens is 1. The van der Waals surface area contributed by atoms with Gasteiger partial charge in [0.25, 0.3) is 5.91 Å². The Kier molecular flexibility index (Phi) is 8.13. The monoisotopic (exact) mass is 556 g/mol. The van der Waals surface area contributed by atoms with Gasteiger partial charge in [-0.3, -0.25) is 14.6 Å². The van der Waals surface area contributed by atoms with Gasteiger partial charge in [-0.05, 0) is 47.2 Å².